The van der Waals surface area contributed by atoms with E-state index < -0.39 is 18.0 Å². The maximum absolute atomic E-state index is 11.0. The summed E-state index contributed by atoms with van der Waals surface area (Å²) in [5, 5.41) is 18.3. The number of aliphatic carboxylic acids is 1. The molecule has 88 valence electrons. The minimum Gasteiger partial charge on any atom is -0.481 e. The van der Waals surface area contributed by atoms with Gasteiger partial charge in [0.2, 0.25) is 0 Å². The van der Waals surface area contributed by atoms with E-state index in [-0.39, 0.29) is 6.42 Å². The first kappa shape index (κ1) is 13.2. The van der Waals surface area contributed by atoms with Crippen molar-refractivity contribution in [1.29, 1.82) is 0 Å². The molecule has 0 aromatic heterocycles. The molecule has 0 saturated carbocycles. The van der Waals surface area contributed by atoms with E-state index in [4.69, 9.17) is 5.11 Å². The molecule has 2 atom stereocenters. The number of carboxylic acid groups (broad SMARTS) is 1. The average Bonchev–Trinajstić information content (AvgIpc) is 2.15. The number of halogens is 1. The number of rotatable bonds is 5. The average molecular weight is 287 g/mol. The van der Waals surface area contributed by atoms with Crippen molar-refractivity contribution in [3.05, 3.63) is 34.3 Å². The molecule has 0 heterocycles. The third kappa shape index (κ3) is 4.33. The lowest BCUT2D eigenvalue weighted by atomic mass is 9.94. The SMILES string of the molecule is CC(O)CC(Cc1cccc(Br)c1)C(=O)O. The quantitative estimate of drug-likeness (QED) is 0.874. The molecule has 4 heteroatoms. The monoisotopic (exact) mass is 286 g/mol. The molecular formula is C12H15BrO3. The maximum Gasteiger partial charge on any atom is 0.306 e. The Bertz CT molecular complexity index is 363. The molecule has 2 N–H and O–H groups in total. The van der Waals surface area contributed by atoms with Crippen LogP contribution in [0.25, 0.3) is 0 Å². The van der Waals surface area contributed by atoms with Crippen LogP contribution >= 0.6 is 15.9 Å². The number of aliphatic hydroxyl groups is 1. The van der Waals surface area contributed by atoms with Gasteiger partial charge in [0.1, 0.15) is 0 Å². The van der Waals surface area contributed by atoms with Crippen LogP contribution in [-0.2, 0) is 11.2 Å². The van der Waals surface area contributed by atoms with Crippen LogP contribution in [0.2, 0.25) is 0 Å². The third-order valence-corrected chi connectivity index (χ3v) is 2.84. The van der Waals surface area contributed by atoms with Gasteiger partial charge in [0, 0.05) is 4.47 Å². The largest absolute Gasteiger partial charge is 0.481 e. The molecule has 0 aliphatic carbocycles. The number of carbonyl (C=O) groups is 1. The topological polar surface area (TPSA) is 57.5 Å². The minimum atomic E-state index is -0.860. The summed E-state index contributed by atoms with van der Waals surface area (Å²) < 4.78 is 0.936. The Labute approximate surface area is 103 Å². The molecule has 0 saturated heterocycles. The predicted molar refractivity (Wildman–Crippen MR) is 65.3 cm³/mol. The summed E-state index contributed by atoms with van der Waals surface area (Å²) in [5.74, 6) is -1.39. The van der Waals surface area contributed by atoms with Crippen molar-refractivity contribution in [3.8, 4) is 0 Å². The van der Waals surface area contributed by atoms with E-state index in [2.05, 4.69) is 15.9 Å². The van der Waals surface area contributed by atoms with Gasteiger partial charge < -0.3 is 10.2 Å². The summed E-state index contributed by atoms with van der Waals surface area (Å²) in [6.07, 6.45) is 0.134. The molecule has 2 unspecified atom stereocenters. The first-order valence-corrected chi connectivity index (χ1v) is 5.93. The van der Waals surface area contributed by atoms with Crippen molar-refractivity contribution >= 4 is 21.9 Å². The normalized spacial score (nSPS) is 14.4. The first-order chi connectivity index (χ1) is 7.49. The van der Waals surface area contributed by atoms with Gasteiger partial charge in [0.05, 0.1) is 12.0 Å². The van der Waals surface area contributed by atoms with E-state index in [0.717, 1.165) is 10.0 Å². The van der Waals surface area contributed by atoms with Gasteiger partial charge in [-0.2, -0.15) is 0 Å². The third-order valence-electron chi connectivity index (χ3n) is 2.35. The van der Waals surface area contributed by atoms with Gasteiger partial charge >= 0.3 is 5.97 Å². The zero-order valence-electron chi connectivity index (χ0n) is 9.06. The number of aliphatic hydroxyl groups excluding tert-OH is 1. The first-order valence-electron chi connectivity index (χ1n) is 5.14. The standard InChI is InChI=1S/C12H15BrO3/c1-8(14)5-10(12(15)16)6-9-3-2-4-11(13)7-9/h2-4,7-8,10,14H,5-6H2,1H3,(H,15,16). The van der Waals surface area contributed by atoms with Gasteiger partial charge in [-0.1, -0.05) is 28.1 Å². The highest BCUT2D eigenvalue weighted by Crippen LogP contribution is 2.18. The van der Waals surface area contributed by atoms with Crippen molar-refractivity contribution < 1.29 is 15.0 Å². The van der Waals surface area contributed by atoms with Crippen LogP contribution in [0.15, 0.2) is 28.7 Å². The van der Waals surface area contributed by atoms with Crippen molar-refractivity contribution in [2.24, 2.45) is 5.92 Å². The molecule has 1 aromatic rings. The molecule has 0 aliphatic rings. The number of hydrogen-bond acceptors (Lipinski definition) is 2. The van der Waals surface area contributed by atoms with Crippen molar-refractivity contribution in [2.45, 2.75) is 25.9 Å². The molecule has 0 spiro atoms. The summed E-state index contributed by atoms with van der Waals surface area (Å²) in [6.45, 7) is 1.61. The van der Waals surface area contributed by atoms with Crippen LogP contribution in [0.4, 0.5) is 0 Å². The fourth-order valence-electron chi connectivity index (χ4n) is 1.63. The molecule has 1 rings (SSSR count). The zero-order valence-corrected chi connectivity index (χ0v) is 10.6. The lowest BCUT2D eigenvalue weighted by Gasteiger charge is -2.14. The smallest absolute Gasteiger partial charge is 0.306 e. The highest BCUT2D eigenvalue weighted by Gasteiger charge is 2.19. The minimum absolute atomic E-state index is 0.280. The molecular weight excluding hydrogens is 272 g/mol. The van der Waals surface area contributed by atoms with E-state index >= 15 is 0 Å². The van der Waals surface area contributed by atoms with Gasteiger partial charge in [0.15, 0.2) is 0 Å². The van der Waals surface area contributed by atoms with Crippen LogP contribution in [0.3, 0.4) is 0 Å². The Kier molecular flexibility index (Phi) is 4.96. The van der Waals surface area contributed by atoms with E-state index in [0.29, 0.717) is 6.42 Å². The van der Waals surface area contributed by atoms with Crippen molar-refractivity contribution in [3.63, 3.8) is 0 Å². The summed E-state index contributed by atoms with van der Waals surface area (Å²) in [6, 6.07) is 7.56. The molecule has 0 bridgehead atoms. The van der Waals surface area contributed by atoms with Gasteiger partial charge in [0.25, 0.3) is 0 Å². The highest BCUT2D eigenvalue weighted by molar-refractivity contribution is 9.10. The van der Waals surface area contributed by atoms with Crippen LogP contribution in [0.5, 0.6) is 0 Å². The summed E-state index contributed by atoms with van der Waals surface area (Å²) >= 11 is 3.34. The highest BCUT2D eigenvalue weighted by atomic mass is 79.9. The Hall–Kier alpha value is -0.870. The molecule has 0 radical (unpaired) electrons. The van der Waals surface area contributed by atoms with Crippen LogP contribution in [0, 0.1) is 5.92 Å². The number of hydrogen-bond donors (Lipinski definition) is 2. The van der Waals surface area contributed by atoms with E-state index in [9.17, 15) is 9.90 Å². The zero-order chi connectivity index (χ0) is 12.1. The maximum atomic E-state index is 11.0. The van der Waals surface area contributed by atoms with Crippen LogP contribution in [-0.4, -0.2) is 22.3 Å². The van der Waals surface area contributed by atoms with E-state index in [1.54, 1.807) is 6.92 Å². The number of carboxylic acids is 1. The van der Waals surface area contributed by atoms with Gasteiger partial charge in [-0.3, -0.25) is 4.79 Å². The van der Waals surface area contributed by atoms with Crippen LogP contribution in [0.1, 0.15) is 18.9 Å². The van der Waals surface area contributed by atoms with Gasteiger partial charge in [-0.15, -0.1) is 0 Å². The second-order valence-electron chi connectivity index (χ2n) is 3.95. The molecule has 1 aromatic carbocycles. The second kappa shape index (κ2) is 6.01. The van der Waals surface area contributed by atoms with Crippen LogP contribution < -0.4 is 0 Å². The molecule has 3 nitrogen and oxygen atoms in total. The molecule has 0 fully saturated rings. The molecule has 0 aliphatic heterocycles. The van der Waals surface area contributed by atoms with E-state index in [1.165, 1.54) is 0 Å². The number of benzene rings is 1. The van der Waals surface area contributed by atoms with Crippen molar-refractivity contribution in [2.75, 3.05) is 0 Å². The Morgan fingerprint density at radius 3 is 2.69 bits per heavy atom. The Balaban J connectivity index is 2.71. The van der Waals surface area contributed by atoms with Gasteiger partial charge in [-0.25, -0.2) is 0 Å². The Morgan fingerprint density at radius 2 is 2.19 bits per heavy atom. The van der Waals surface area contributed by atoms with Crippen molar-refractivity contribution in [1.82, 2.24) is 0 Å². The summed E-state index contributed by atoms with van der Waals surface area (Å²) in [7, 11) is 0. The summed E-state index contributed by atoms with van der Waals surface area (Å²) in [5.41, 5.74) is 0.961. The fourth-order valence-corrected chi connectivity index (χ4v) is 2.08. The fraction of sp³-hybridized carbons (Fsp3) is 0.417. The molecule has 16 heavy (non-hydrogen) atoms. The Morgan fingerprint density at radius 1 is 1.50 bits per heavy atom. The second-order valence-corrected chi connectivity index (χ2v) is 4.87. The lowest BCUT2D eigenvalue weighted by Crippen LogP contribution is -2.21. The van der Waals surface area contributed by atoms with E-state index in [1.807, 2.05) is 24.3 Å². The summed E-state index contributed by atoms with van der Waals surface area (Å²) in [4.78, 5) is 11.0. The lowest BCUT2D eigenvalue weighted by molar-refractivity contribution is -0.142. The predicted octanol–water partition coefficient (Wildman–Crippen LogP) is 2.46. The van der Waals surface area contributed by atoms with Gasteiger partial charge in [-0.05, 0) is 37.5 Å². The molecule has 0 amide bonds.